The van der Waals surface area contributed by atoms with Gasteiger partial charge in [0.2, 0.25) is 20.8 Å². The molecular weight excluding hydrogens is 1170 g/mol. The van der Waals surface area contributed by atoms with Crippen molar-refractivity contribution in [1.29, 1.82) is 0 Å². The normalized spacial score (nSPS) is 11.6. The Balaban J connectivity index is -0.00000128. The van der Waals surface area contributed by atoms with Gasteiger partial charge in [-0.25, -0.2) is 50.5 Å². The molecule has 1 radical (unpaired) electrons. The van der Waals surface area contributed by atoms with E-state index in [1.165, 1.54) is 37.4 Å². The van der Waals surface area contributed by atoms with Gasteiger partial charge in [0.15, 0.2) is 19.7 Å². The molecule has 71 heavy (non-hydrogen) atoms. The molecule has 0 atom stereocenters. The topological polar surface area (TPSA) is 449 Å². The molecular formula is C33H28CuN5Na5O21S6-2. The van der Waals surface area contributed by atoms with Gasteiger partial charge < -0.3 is 52.3 Å². The Kier molecular flexibility index (Phi) is 34.6. The molecule has 5 aromatic rings. The van der Waals surface area contributed by atoms with Gasteiger partial charge in [0.1, 0.15) is 48.0 Å². The molecule has 5 aromatic carbocycles. The zero-order chi connectivity index (χ0) is 49.5. The first kappa shape index (κ1) is 77.2. The fourth-order valence-corrected chi connectivity index (χ4v) is 7.89. The summed E-state index contributed by atoms with van der Waals surface area (Å²) in [6.07, 6.45) is 0. The van der Waals surface area contributed by atoms with E-state index in [0.717, 1.165) is 36.4 Å². The molecule has 0 bridgehead atoms. The number of phenolic OH excluding ortho intramolecular Hbond substituents is 2. The Morgan fingerprint density at radius 1 is 0.620 bits per heavy atom. The van der Waals surface area contributed by atoms with Crippen molar-refractivity contribution < 1.29 is 258 Å². The number of fused-ring (bicyclic) bond motifs is 1. The molecule has 0 saturated carbocycles. The van der Waals surface area contributed by atoms with E-state index in [2.05, 4.69) is 45.7 Å². The number of aromatic hydroxyl groups is 2. The van der Waals surface area contributed by atoms with Crippen LogP contribution in [0.5, 0.6) is 17.2 Å². The summed E-state index contributed by atoms with van der Waals surface area (Å²) in [5.74, 6) is -2.49. The minimum atomic E-state index is -5.33. The van der Waals surface area contributed by atoms with Crippen LogP contribution in [-0.2, 0) is 77.8 Å². The van der Waals surface area contributed by atoms with Gasteiger partial charge >= 0.3 is 148 Å². The quantitative estimate of drug-likeness (QED) is 0.0240. The zero-order valence-electron chi connectivity index (χ0n) is 37.5. The van der Waals surface area contributed by atoms with Crippen molar-refractivity contribution in [2.45, 2.75) is 19.6 Å². The fraction of sp³-hybridized carbons (Fsp3) is 0.0909. The molecule has 0 unspecified atom stereocenters. The first-order valence-electron chi connectivity index (χ1n) is 16.5. The molecule has 0 fully saturated rings. The van der Waals surface area contributed by atoms with Crippen molar-refractivity contribution in [1.82, 2.24) is 0 Å². The molecule has 0 spiro atoms. The van der Waals surface area contributed by atoms with Crippen molar-refractivity contribution in [3.63, 3.8) is 0 Å². The van der Waals surface area contributed by atoms with Crippen molar-refractivity contribution in [3.8, 4) is 17.2 Å². The molecule has 365 valence electrons. The van der Waals surface area contributed by atoms with E-state index in [4.69, 9.17) is 39.8 Å². The maximum Gasteiger partial charge on any atom is 1.00 e. The number of anilines is 2. The number of rotatable bonds is 13. The van der Waals surface area contributed by atoms with E-state index < -0.39 is 104 Å². The molecule has 5 N–H and O–H groups in total. The van der Waals surface area contributed by atoms with Crippen molar-refractivity contribution in [3.05, 3.63) is 92.7 Å². The predicted octanol–water partition coefficient (Wildman–Crippen LogP) is -11.3. The summed E-state index contributed by atoms with van der Waals surface area (Å²) in [5.41, 5.74) is -1.17. The summed E-state index contributed by atoms with van der Waals surface area (Å²) in [5, 5.41) is 40.5. The number of hydrogen-bond acceptors (Lipinski definition) is 24. The monoisotopic (exact) mass is 1200 g/mol. The number of phenols is 2. The Labute approximate surface area is 529 Å². The van der Waals surface area contributed by atoms with Gasteiger partial charge in [0.05, 0.1) is 33.2 Å². The number of hydrogen-bond donors (Lipinski definition) is 5. The first-order valence-corrected chi connectivity index (χ1v) is 25.3. The molecule has 0 amide bonds. The van der Waals surface area contributed by atoms with Gasteiger partial charge in [-0.15, -0.1) is 5.11 Å². The zero-order valence-corrected chi connectivity index (χ0v) is 53.4. The molecule has 0 heterocycles. The van der Waals surface area contributed by atoms with Crippen molar-refractivity contribution in [2.75, 3.05) is 23.9 Å². The number of methoxy groups -OCH3 is 1. The summed E-state index contributed by atoms with van der Waals surface area (Å²) in [6.45, 7) is 6.66. The summed E-state index contributed by atoms with van der Waals surface area (Å²) < 4.78 is 192. The minimum Gasteiger partial charge on any atom is -0.744 e. The molecule has 38 heteroatoms. The van der Waals surface area contributed by atoms with Crippen molar-refractivity contribution >= 4 is 106 Å². The van der Waals surface area contributed by atoms with E-state index in [0.29, 0.717) is 6.07 Å². The maximum atomic E-state index is 12.4. The third-order valence-corrected chi connectivity index (χ3v) is 12.4. The van der Waals surface area contributed by atoms with E-state index in [1.807, 2.05) is 0 Å². The van der Waals surface area contributed by atoms with Gasteiger partial charge in [-0.3, -0.25) is 9.11 Å². The third kappa shape index (κ3) is 24.3. The van der Waals surface area contributed by atoms with Gasteiger partial charge in [-0.05, 0) is 42.5 Å². The van der Waals surface area contributed by atoms with Crippen LogP contribution in [-0.4, -0.2) is 107 Å². The molecule has 0 aromatic heterocycles. The second-order valence-corrected chi connectivity index (χ2v) is 20.6. The van der Waals surface area contributed by atoms with Crippen LogP contribution in [0, 0.1) is 19.9 Å². The SMILES string of the molecule is O=S(=O)([O-])O.O=S(=O)([O-])O.[CH2-]CS(=O)(=O)c1ccc(N=Nc2c(Nc3cccc(S(=O)(=O)[O-])c3)ccc3c(O)c(N=Nc4cc(OC)c(S(=O)(=O)C[CH2-])cc4O)[c-]cc23)c(S(=O)(=O)[O-])c1.[Cu].[Na+].[Na+].[Na+].[Na+].[Na+]. The minimum absolute atomic E-state index is 0. The maximum absolute atomic E-state index is 12.4. The molecule has 0 saturated heterocycles. The largest absolute Gasteiger partial charge is 1.00 e. The Morgan fingerprint density at radius 2 is 1.15 bits per heavy atom. The average Bonchev–Trinajstić information content (AvgIpc) is 3.18. The van der Waals surface area contributed by atoms with Crippen LogP contribution in [0.3, 0.4) is 0 Å². The number of ether oxygens (including phenoxy) is 1. The van der Waals surface area contributed by atoms with Crippen LogP contribution < -0.4 is 158 Å². The predicted molar refractivity (Wildman–Crippen MR) is 219 cm³/mol. The van der Waals surface area contributed by atoms with Crippen LogP contribution in [0.2, 0.25) is 0 Å². The van der Waals surface area contributed by atoms with E-state index in [1.54, 1.807) is 0 Å². The van der Waals surface area contributed by atoms with Crippen LogP contribution >= 0.6 is 0 Å². The van der Waals surface area contributed by atoms with E-state index in [9.17, 15) is 53.0 Å². The Morgan fingerprint density at radius 3 is 1.65 bits per heavy atom. The van der Waals surface area contributed by atoms with Crippen LogP contribution in [0.1, 0.15) is 0 Å². The summed E-state index contributed by atoms with van der Waals surface area (Å²) in [4.78, 5) is -2.45. The molecule has 0 aliphatic heterocycles. The summed E-state index contributed by atoms with van der Waals surface area (Å²) >= 11 is 0. The third-order valence-electron chi connectivity index (χ3n) is 7.66. The Bertz CT molecular complexity index is 3370. The van der Waals surface area contributed by atoms with Crippen LogP contribution in [0.4, 0.5) is 34.1 Å². The number of nitrogens with zero attached hydrogens (tertiary/aromatic N) is 4. The average molecular weight is 1200 g/mol. The second kappa shape index (κ2) is 31.8. The fourth-order valence-electron chi connectivity index (χ4n) is 4.89. The standard InChI is InChI=1S/C33H28N5O13S4.Cu.5Na.2H2O4S/c1-4-52(41,42)20-9-12-24(30(16-20)55(48,49)50)35-38-32-22-10-14-26(36-37-27-17-29(51-3)31(18-28(27)39)53(43,44)5-2)33(40)23(22)11-13-25(32)34-19-7-6-8-21(15-19)54(45,46)47;;;;;;;2*1-5(2,3)4/h6-13,15-18,34,39-40H,1-2,4-5H2,3H3,(H,45,46,47)(H,48,49,50);;;;;;;2*(H2,1,2,3,4)/q-3;;5*+1;;/p-4. The van der Waals surface area contributed by atoms with Gasteiger partial charge in [0, 0.05) is 46.3 Å². The number of sulfone groups is 2. The Hall–Kier alpha value is -0.261. The first-order chi connectivity index (χ1) is 29.7. The molecule has 5 rings (SSSR count). The number of benzene rings is 5. The van der Waals surface area contributed by atoms with Gasteiger partial charge in [0.25, 0.3) is 0 Å². The second-order valence-electron chi connectivity index (χ2n) is 12.0. The summed E-state index contributed by atoms with van der Waals surface area (Å²) in [7, 11) is -26.8. The van der Waals surface area contributed by atoms with Gasteiger partial charge in [-0.2, -0.15) is 27.5 Å². The van der Waals surface area contributed by atoms with Gasteiger partial charge in [-0.1, -0.05) is 34.4 Å². The number of azo groups is 2. The van der Waals surface area contributed by atoms with Crippen LogP contribution in [0.25, 0.3) is 10.8 Å². The van der Waals surface area contributed by atoms with Crippen molar-refractivity contribution in [2.24, 2.45) is 20.5 Å². The molecule has 0 aliphatic carbocycles. The van der Waals surface area contributed by atoms with E-state index >= 15 is 0 Å². The van der Waals surface area contributed by atoms with E-state index in [-0.39, 0.29) is 215 Å². The smallest absolute Gasteiger partial charge is 0.744 e. The van der Waals surface area contributed by atoms with Crippen LogP contribution in [0.15, 0.2) is 113 Å². The number of nitrogens with one attached hydrogen (secondary N) is 1. The summed E-state index contributed by atoms with van der Waals surface area (Å²) in [6, 6.07) is 15.9. The molecule has 26 nitrogen and oxygen atoms in total. The molecule has 0 aliphatic rings.